The molecule has 1 aromatic rings. The van der Waals surface area contributed by atoms with Crippen LogP contribution in [0.25, 0.3) is 0 Å². The first kappa shape index (κ1) is 25.1. The first-order valence-corrected chi connectivity index (χ1v) is 13.9. The van der Waals surface area contributed by atoms with E-state index in [1.54, 1.807) is 0 Å². The minimum Gasteiger partial charge on any atom is -0.373 e. The topological polar surface area (TPSA) is 27.7 Å². The number of benzene rings is 1. The molecule has 0 aliphatic heterocycles. The number of hydrogen-bond donors (Lipinski definition) is 0. The molecule has 5 heteroatoms. The van der Waals surface area contributed by atoms with E-state index in [2.05, 4.69) is 74.6 Å². The quantitative estimate of drug-likeness (QED) is 0.103. The van der Waals surface area contributed by atoms with Gasteiger partial charge in [-0.15, -0.1) is 0 Å². The predicted molar refractivity (Wildman–Crippen MR) is 126 cm³/mol. The van der Waals surface area contributed by atoms with E-state index in [0.717, 1.165) is 70.8 Å². The van der Waals surface area contributed by atoms with Gasteiger partial charge in [0, 0.05) is 29.8 Å². The smallest absolute Gasteiger partial charge is 0.373 e. The standard InChI is InChI=1S/C22H39IO3Si/c1-5-8-16-24-27(25-17-9-6-2,26-18-10-7-3)19-15-21-11-13-22(14-12-21)20(4)23/h11-14,20H,5-10,15-19H2,1-4H3. The van der Waals surface area contributed by atoms with Crippen molar-refractivity contribution >= 4 is 31.4 Å². The molecule has 1 aromatic carbocycles. The Morgan fingerprint density at radius 3 is 1.63 bits per heavy atom. The van der Waals surface area contributed by atoms with Crippen LogP contribution in [0.15, 0.2) is 24.3 Å². The molecule has 0 saturated heterocycles. The van der Waals surface area contributed by atoms with Crippen molar-refractivity contribution < 1.29 is 13.3 Å². The minimum absolute atomic E-state index is 0.539. The number of hydrogen-bond acceptors (Lipinski definition) is 3. The largest absolute Gasteiger partial charge is 0.501 e. The molecule has 3 nitrogen and oxygen atoms in total. The average molecular weight is 507 g/mol. The molecule has 156 valence electrons. The molecule has 0 aromatic heterocycles. The Kier molecular flexibility index (Phi) is 13.9. The van der Waals surface area contributed by atoms with Crippen molar-refractivity contribution in [2.45, 2.75) is 82.6 Å². The maximum Gasteiger partial charge on any atom is 0.501 e. The van der Waals surface area contributed by atoms with Gasteiger partial charge in [-0.2, -0.15) is 0 Å². The third-order valence-corrected chi connectivity index (χ3v) is 8.13. The molecule has 0 bridgehead atoms. The lowest BCUT2D eigenvalue weighted by Crippen LogP contribution is -2.47. The second kappa shape index (κ2) is 15.0. The summed E-state index contributed by atoms with van der Waals surface area (Å²) < 4.78 is 19.6. The highest BCUT2D eigenvalue weighted by Crippen LogP contribution is 2.25. The monoisotopic (exact) mass is 506 g/mol. The molecule has 0 amide bonds. The second-order valence-electron chi connectivity index (χ2n) is 7.15. The van der Waals surface area contributed by atoms with Crippen molar-refractivity contribution in [3.8, 4) is 0 Å². The zero-order valence-electron chi connectivity index (χ0n) is 17.8. The third kappa shape index (κ3) is 10.4. The van der Waals surface area contributed by atoms with Crippen LogP contribution < -0.4 is 0 Å². The van der Waals surface area contributed by atoms with Gasteiger partial charge in [-0.05, 0) is 43.7 Å². The first-order chi connectivity index (χ1) is 13.1. The van der Waals surface area contributed by atoms with Crippen LogP contribution in [0.3, 0.4) is 0 Å². The SMILES string of the molecule is CCCCO[Si](CCc1ccc(C(C)I)cc1)(OCCCC)OCCCC. The Morgan fingerprint density at radius 2 is 1.26 bits per heavy atom. The zero-order valence-corrected chi connectivity index (χ0v) is 20.9. The molecular formula is C22H39IO3Si. The van der Waals surface area contributed by atoms with Crippen LogP contribution in [0.2, 0.25) is 6.04 Å². The van der Waals surface area contributed by atoms with Crippen LogP contribution >= 0.6 is 22.6 Å². The zero-order chi connectivity index (χ0) is 20.0. The molecule has 0 radical (unpaired) electrons. The molecule has 0 fully saturated rings. The summed E-state index contributed by atoms with van der Waals surface area (Å²) in [4.78, 5) is 0. The molecule has 0 N–H and O–H groups in total. The average Bonchev–Trinajstić information content (AvgIpc) is 2.67. The van der Waals surface area contributed by atoms with Gasteiger partial charge in [0.25, 0.3) is 0 Å². The number of unbranched alkanes of at least 4 members (excludes halogenated alkanes) is 3. The van der Waals surface area contributed by atoms with Gasteiger partial charge in [-0.25, -0.2) is 0 Å². The molecular weight excluding hydrogens is 467 g/mol. The minimum atomic E-state index is -2.63. The summed E-state index contributed by atoms with van der Waals surface area (Å²) in [5.41, 5.74) is 2.71. The third-order valence-electron chi connectivity index (χ3n) is 4.62. The molecule has 0 spiro atoms. The number of alkyl halides is 1. The molecule has 0 heterocycles. The molecule has 0 saturated carbocycles. The van der Waals surface area contributed by atoms with E-state index >= 15 is 0 Å². The second-order valence-corrected chi connectivity index (χ2v) is 11.7. The van der Waals surface area contributed by atoms with E-state index in [-0.39, 0.29) is 0 Å². The van der Waals surface area contributed by atoms with Crippen LogP contribution in [-0.4, -0.2) is 28.6 Å². The van der Waals surface area contributed by atoms with Crippen LogP contribution in [0.4, 0.5) is 0 Å². The van der Waals surface area contributed by atoms with E-state index in [9.17, 15) is 0 Å². The first-order valence-electron chi connectivity index (χ1n) is 10.7. The van der Waals surface area contributed by atoms with Crippen LogP contribution in [0.5, 0.6) is 0 Å². The van der Waals surface area contributed by atoms with Crippen LogP contribution in [0, 0.1) is 0 Å². The molecule has 0 aliphatic carbocycles. The maximum atomic E-state index is 6.34. The van der Waals surface area contributed by atoms with E-state index in [0.29, 0.717) is 3.92 Å². The van der Waals surface area contributed by atoms with Gasteiger partial charge < -0.3 is 13.3 Å². The van der Waals surface area contributed by atoms with Gasteiger partial charge in [-0.1, -0.05) is 86.9 Å². The van der Waals surface area contributed by atoms with Crippen molar-refractivity contribution in [3.05, 3.63) is 35.4 Å². The lowest BCUT2D eigenvalue weighted by Gasteiger charge is -2.30. The fourth-order valence-corrected chi connectivity index (χ4v) is 5.76. The summed E-state index contributed by atoms with van der Waals surface area (Å²) in [5.74, 6) is 0. The summed E-state index contributed by atoms with van der Waals surface area (Å²) in [5, 5.41) is 0. The Hall–Kier alpha value is 0.0469. The van der Waals surface area contributed by atoms with Gasteiger partial charge in [0.15, 0.2) is 0 Å². The molecule has 0 aliphatic rings. The Balaban J connectivity index is 2.79. The van der Waals surface area contributed by atoms with E-state index in [1.165, 1.54) is 11.1 Å². The number of rotatable bonds is 16. The molecule has 27 heavy (non-hydrogen) atoms. The van der Waals surface area contributed by atoms with Crippen molar-refractivity contribution in [1.82, 2.24) is 0 Å². The summed E-state index contributed by atoms with van der Waals surface area (Å²) in [6.07, 6.45) is 7.52. The predicted octanol–water partition coefficient (Wildman–Crippen LogP) is 7.11. The van der Waals surface area contributed by atoms with Crippen molar-refractivity contribution in [3.63, 3.8) is 0 Å². The molecule has 1 rings (SSSR count). The molecule has 1 atom stereocenters. The fraction of sp³-hybridized carbons (Fsp3) is 0.727. The van der Waals surface area contributed by atoms with E-state index in [1.807, 2.05) is 0 Å². The highest BCUT2D eigenvalue weighted by atomic mass is 127. The summed E-state index contributed by atoms with van der Waals surface area (Å²) in [6, 6.07) is 9.83. The van der Waals surface area contributed by atoms with E-state index < -0.39 is 8.80 Å². The summed E-state index contributed by atoms with van der Waals surface area (Å²) in [7, 11) is -2.63. The maximum absolute atomic E-state index is 6.34. The van der Waals surface area contributed by atoms with E-state index in [4.69, 9.17) is 13.3 Å². The van der Waals surface area contributed by atoms with Gasteiger partial charge in [0.1, 0.15) is 0 Å². The normalized spacial score (nSPS) is 13.1. The fourth-order valence-electron chi connectivity index (χ4n) is 2.70. The van der Waals surface area contributed by atoms with Gasteiger partial charge in [-0.3, -0.25) is 0 Å². The van der Waals surface area contributed by atoms with Crippen LogP contribution in [-0.2, 0) is 19.7 Å². The Morgan fingerprint density at radius 1 is 0.815 bits per heavy atom. The highest BCUT2D eigenvalue weighted by molar-refractivity contribution is 14.1. The van der Waals surface area contributed by atoms with Crippen molar-refractivity contribution in [2.75, 3.05) is 19.8 Å². The number of halogens is 1. The number of aryl methyl sites for hydroxylation is 1. The Labute approximate surface area is 182 Å². The summed E-state index contributed by atoms with van der Waals surface area (Å²) >= 11 is 2.46. The van der Waals surface area contributed by atoms with Crippen molar-refractivity contribution in [2.24, 2.45) is 0 Å². The van der Waals surface area contributed by atoms with Gasteiger partial charge >= 0.3 is 8.80 Å². The van der Waals surface area contributed by atoms with Gasteiger partial charge in [0.2, 0.25) is 0 Å². The Bertz CT molecular complexity index is 452. The van der Waals surface area contributed by atoms with Crippen molar-refractivity contribution in [1.29, 1.82) is 0 Å². The lowest BCUT2D eigenvalue weighted by atomic mass is 10.1. The highest BCUT2D eigenvalue weighted by Gasteiger charge is 2.40. The lowest BCUT2D eigenvalue weighted by molar-refractivity contribution is 0.0564. The molecule has 1 unspecified atom stereocenters. The summed E-state index contributed by atoms with van der Waals surface area (Å²) in [6.45, 7) is 11.0. The van der Waals surface area contributed by atoms with Gasteiger partial charge in [0.05, 0.1) is 0 Å². The van der Waals surface area contributed by atoms with Crippen LogP contribution in [0.1, 0.15) is 81.3 Å².